The summed E-state index contributed by atoms with van der Waals surface area (Å²) < 4.78 is 5.30. The second kappa shape index (κ2) is 5.62. The monoisotopic (exact) mass is 381 g/mol. The van der Waals surface area contributed by atoms with Crippen LogP contribution < -0.4 is 0 Å². The first-order valence-electron chi connectivity index (χ1n) is 8.98. The molecule has 3 aromatic heterocycles. The minimum Gasteiger partial charge on any atom is -0.255 e. The number of hydrogen-bond acceptors (Lipinski definition) is 3. The summed E-state index contributed by atoms with van der Waals surface area (Å²) in [5.74, 6) is 0. The van der Waals surface area contributed by atoms with Gasteiger partial charge in [-0.2, -0.15) is 0 Å². The number of rotatable bonds is 1. The third kappa shape index (κ3) is 2.19. The molecule has 0 fully saturated rings. The van der Waals surface area contributed by atoms with Crippen LogP contribution in [-0.4, -0.2) is 4.98 Å². The maximum atomic E-state index is 4.86. The van der Waals surface area contributed by atoms with Gasteiger partial charge in [-0.15, -0.1) is 22.7 Å². The smallest absolute Gasteiger partial charge is 0.0730 e. The van der Waals surface area contributed by atoms with E-state index in [1.807, 2.05) is 28.9 Å². The van der Waals surface area contributed by atoms with Gasteiger partial charge in [0.25, 0.3) is 0 Å². The summed E-state index contributed by atoms with van der Waals surface area (Å²) in [6.45, 7) is 2.20. The van der Waals surface area contributed by atoms with E-state index in [-0.39, 0.29) is 0 Å². The average molecular weight is 382 g/mol. The lowest BCUT2D eigenvalue weighted by Gasteiger charge is -2.05. The van der Waals surface area contributed by atoms with Gasteiger partial charge in [-0.25, -0.2) is 0 Å². The van der Waals surface area contributed by atoms with E-state index in [9.17, 15) is 0 Å². The number of aromatic nitrogens is 1. The molecular formula is C24H15NS2. The Bertz CT molecular complexity index is 1490. The van der Waals surface area contributed by atoms with Crippen LogP contribution in [0.3, 0.4) is 0 Å². The van der Waals surface area contributed by atoms with Crippen LogP contribution >= 0.6 is 22.7 Å². The number of thiophene rings is 2. The summed E-state index contributed by atoms with van der Waals surface area (Å²) in [4.78, 5) is 4.86. The lowest BCUT2D eigenvalue weighted by molar-refractivity contribution is 1.37. The minimum absolute atomic E-state index is 1.06. The number of benzene rings is 3. The number of pyridine rings is 1. The molecule has 27 heavy (non-hydrogen) atoms. The highest BCUT2D eigenvalue weighted by atomic mass is 32.1. The third-order valence-corrected chi connectivity index (χ3v) is 7.61. The molecule has 0 N–H and O–H groups in total. The highest BCUT2D eigenvalue weighted by Crippen LogP contribution is 2.42. The molecule has 0 unspecified atom stereocenters. The number of hydrogen-bond donors (Lipinski definition) is 0. The molecule has 6 rings (SSSR count). The maximum absolute atomic E-state index is 4.86. The molecule has 0 saturated heterocycles. The van der Waals surface area contributed by atoms with Crippen LogP contribution in [0.25, 0.3) is 51.6 Å². The van der Waals surface area contributed by atoms with E-state index >= 15 is 0 Å². The molecule has 3 heteroatoms. The summed E-state index contributed by atoms with van der Waals surface area (Å²) in [5.41, 5.74) is 3.62. The molecule has 0 saturated carbocycles. The Morgan fingerprint density at radius 3 is 2.30 bits per heavy atom. The fraction of sp³-hybridized carbons (Fsp3) is 0.0417. The van der Waals surface area contributed by atoms with Gasteiger partial charge in [0.2, 0.25) is 0 Å². The van der Waals surface area contributed by atoms with Crippen molar-refractivity contribution in [2.45, 2.75) is 6.92 Å². The summed E-state index contributed by atoms with van der Waals surface area (Å²) in [6, 6.07) is 24.0. The molecule has 0 spiro atoms. The second-order valence-electron chi connectivity index (χ2n) is 6.90. The fourth-order valence-electron chi connectivity index (χ4n) is 3.96. The van der Waals surface area contributed by atoms with E-state index in [1.165, 1.54) is 51.5 Å². The van der Waals surface area contributed by atoms with Crippen LogP contribution in [0.1, 0.15) is 5.56 Å². The molecule has 0 amide bonds. The molecule has 3 aromatic carbocycles. The summed E-state index contributed by atoms with van der Waals surface area (Å²) in [5, 5.41) is 5.26. The SMILES string of the molecule is Cc1ccc(-c2cc3sc4ccccc4c3cn2)c2sc3ccccc3c12. The largest absolute Gasteiger partial charge is 0.255 e. The van der Waals surface area contributed by atoms with Crippen molar-refractivity contribution in [3.8, 4) is 11.3 Å². The van der Waals surface area contributed by atoms with Gasteiger partial charge >= 0.3 is 0 Å². The second-order valence-corrected chi connectivity index (χ2v) is 9.03. The van der Waals surface area contributed by atoms with Gasteiger partial charge < -0.3 is 0 Å². The van der Waals surface area contributed by atoms with Crippen LogP contribution in [0.4, 0.5) is 0 Å². The molecule has 3 heterocycles. The van der Waals surface area contributed by atoms with Crippen LogP contribution in [0, 0.1) is 6.92 Å². The van der Waals surface area contributed by atoms with Gasteiger partial charge in [0, 0.05) is 52.1 Å². The van der Waals surface area contributed by atoms with Crippen LogP contribution in [0.5, 0.6) is 0 Å². The van der Waals surface area contributed by atoms with Gasteiger partial charge in [-0.05, 0) is 30.7 Å². The first-order chi connectivity index (χ1) is 13.3. The van der Waals surface area contributed by atoms with Crippen molar-refractivity contribution in [1.82, 2.24) is 4.98 Å². The van der Waals surface area contributed by atoms with Crippen molar-refractivity contribution >= 4 is 63.0 Å². The number of fused-ring (bicyclic) bond motifs is 6. The summed E-state index contributed by atoms with van der Waals surface area (Å²) in [7, 11) is 0. The lowest BCUT2D eigenvalue weighted by atomic mass is 10.0. The third-order valence-electron chi connectivity index (χ3n) is 5.27. The molecule has 6 aromatic rings. The zero-order chi connectivity index (χ0) is 18.0. The number of aryl methyl sites for hydroxylation is 1. The summed E-state index contributed by atoms with van der Waals surface area (Å²) in [6.07, 6.45) is 2.04. The zero-order valence-corrected chi connectivity index (χ0v) is 16.3. The van der Waals surface area contributed by atoms with Crippen molar-refractivity contribution in [1.29, 1.82) is 0 Å². The van der Waals surface area contributed by atoms with Crippen LogP contribution in [0.15, 0.2) is 72.9 Å². The van der Waals surface area contributed by atoms with Gasteiger partial charge in [-0.1, -0.05) is 48.5 Å². The van der Waals surface area contributed by atoms with E-state index in [0.29, 0.717) is 0 Å². The van der Waals surface area contributed by atoms with E-state index in [4.69, 9.17) is 4.98 Å². The first-order valence-corrected chi connectivity index (χ1v) is 10.6. The van der Waals surface area contributed by atoms with Gasteiger partial charge in [0.15, 0.2) is 0 Å². The Morgan fingerprint density at radius 2 is 1.44 bits per heavy atom. The van der Waals surface area contributed by atoms with E-state index < -0.39 is 0 Å². The Balaban J connectivity index is 1.67. The van der Waals surface area contributed by atoms with Crippen LogP contribution in [0.2, 0.25) is 0 Å². The highest BCUT2D eigenvalue weighted by Gasteiger charge is 2.14. The maximum Gasteiger partial charge on any atom is 0.0730 e. The molecule has 0 radical (unpaired) electrons. The Morgan fingerprint density at radius 1 is 0.704 bits per heavy atom. The van der Waals surface area contributed by atoms with Crippen molar-refractivity contribution in [3.63, 3.8) is 0 Å². The minimum atomic E-state index is 1.06. The predicted octanol–water partition coefficient (Wildman–Crippen LogP) is 7.79. The fourth-order valence-corrected chi connectivity index (χ4v) is 6.38. The highest BCUT2D eigenvalue weighted by molar-refractivity contribution is 7.26. The van der Waals surface area contributed by atoms with Crippen molar-refractivity contribution in [2.24, 2.45) is 0 Å². The van der Waals surface area contributed by atoms with Gasteiger partial charge in [0.05, 0.1) is 5.69 Å². The van der Waals surface area contributed by atoms with Crippen LogP contribution in [-0.2, 0) is 0 Å². The van der Waals surface area contributed by atoms with Crippen molar-refractivity contribution in [2.75, 3.05) is 0 Å². The molecule has 0 bridgehead atoms. The summed E-state index contributed by atoms with van der Waals surface area (Å²) >= 11 is 3.72. The average Bonchev–Trinajstić information content (AvgIpc) is 3.26. The topological polar surface area (TPSA) is 12.9 Å². The lowest BCUT2D eigenvalue weighted by Crippen LogP contribution is -1.84. The van der Waals surface area contributed by atoms with E-state index in [1.54, 1.807) is 0 Å². The van der Waals surface area contributed by atoms with E-state index in [0.717, 1.165) is 5.69 Å². The van der Waals surface area contributed by atoms with Gasteiger partial charge in [0.1, 0.15) is 0 Å². The quantitative estimate of drug-likeness (QED) is 0.283. The molecular weight excluding hydrogens is 366 g/mol. The van der Waals surface area contributed by atoms with Crippen molar-refractivity contribution < 1.29 is 0 Å². The molecule has 1 nitrogen and oxygen atoms in total. The normalized spacial score (nSPS) is 11.9. The van der Waals surface area contributed by atoms with Gasteiger partial charge in [-0.3, -0.25) is 4.98 Å². The molecule has 0 atom stereocenters. The molecule has 0 aliphatic carbocycles. The standard InChI is InChI=1S/C24H15NS2/c1-14-10-11-16(24-23(14)17-7-3-5-9-21(17)27-24)19-12-22-18(13-25-19)15-6-2-4-8-20(15)26-22/h2-13H,1H3. The van der Waals surface area contributed by atoms with Crippen molar-refractivity contribution in [3.05, 3.63) is 78.5 Å². The van der Waals surface area contributed by atoms with E-state index in [2.05, 4.69) is 73.7 Å². The zero-order valence-electron chi connectivity index (χ0n) is 14.7. The Kier molecular flexibility index (Phi) is 3.19. The molecule has 0 aliphatic heterocycles. The molecule has 0 aliphatic rings. The molecule has 128 valence electrons. The predicted molar refractivity (Wildman–Crippen MR) is 120 cm³/mol. The Labute approximate surface area is 164 Å². The first kappa shape index (κ1) is 15.3. The Hall–Kier alpha value is -2.75. The number of nitrogens with zero attached hydrogens (tertiary/aromatic N) is 1.